The number of carbonyl (C=O) groups is 1. The van der Waals surface area contributed by atoms with Crippen LogP contribution in [0.1, 0.15) is 36.7 Å². The molecule has 1 amide bonds. The van der Waals surface area contributed by atoms with Crippen molar-refractivity contribution in [2.75, 3.05) is 0 Å². The molecule has 0 heterocycles. The number of hydrogen-bond donors (Lipinski definition) is 2. The Morgan fingerprint density at radius 2 is 1.73 bits per heavy atom. The molecule has 5 nitrogen and oxygen atoms in total. The fraction of sp³-hybridized carbons (Fsp3) is 0.316. The van der Waals surface area contributed by atoms with Crippen LogP contribution in [0.15, 0.2) is 53.4 Å². The van der Waals surface area contributed by atoms with Gasteiger partial charge in [-0.05, 0) is 36.6 Å². The predicted octanol–water partition coefficient (Wildman–Crippen LogP) is 3.59. The van der Waals surface area contributed by atoms with Crippen LogP contribution in [0.3, 0.4) is 0 Å². The molecule has 0 aliphatic carbocycles. The minimum Gasteiger partial charge on any atom is -0.349 e. The molecule has 1 atom stereocenters. The molecule has 2 N–H and O–H groups in total. The molecule has 0 saturated heterocycles. The molecule has 2 rings (SSSR count). The zero-order valence-corrected chi connectivity index (χ0v) is 16.6. The van der Waals surface area contributed by atoms with Crippen molar-refractivity contribution in [2.45, 2.75) is 38.3 Å². The van der Waals surface area contributed by atoms with Crippen molar-refractivity contribution in [3.05, 3.63) is 64.7 Å². The van der Waals surface area contributed by atoms with Gasteiger partial charge in [0.05, 0.1) is 5.02 Å². The number of benzene rings is 2. The zero-order chi connectivity index (χ0) is 19.3. The average Bonchev–Trinajstić information content (AvgIpc) is 2.61. The predicted molar refractivity (Wildman–Crippen MR) is 104 cm³/mol. The third kappa shape index (κ3) is 5.30. The SMILES string of the molecule is CC(C)C(C)NC(=O)c1ccc(Cl)c(S(=O)(=O)NCc2ccccc2)c1. The summed E-state index contributed by atoms with van der Waals surface area (Å²) in [5.74, 6) is -0.0654. The summed E-state index contributed by atoms with van der Waals surface area (Å²) >= 11 is 6.07. The van der Waals surface area contributed by atoms with E-state index >= 15 is 0 Å². The topological polar surface area (TPSA) is 75.3 Å². The second-order valence-electron chi connectivity index (χ2n) is 6.46. The first-order valence-electron chi connectivity index (χ1n) is 8.34. The van der Waals surface area contributed by atoms with Gasteiger partial charge in [-0.2, -0.15) is 0 Å². The molecule has 0 spiro atoms. The molecule has 7 heteroatoms. The zero-order valence-electron chi connectivity index (χ0n) is 15.0. The van der Waals surface area contributed by atoms with Gasteiger partial charge in [-0.1, -0.05) is 55.8 Å². The van der Waals surface area contributed by atoms with E-state index in [0.717, 1.165) is 5.56 Å². The largest absolute Gasteiger partial charge is 0.349 e. The van der Waals surface area contributed by atoms with Gasteiger partial charge < -0.3 is 5.32 Å². The fourth-order valence-corrected chi connectivity index (χ4v) is 3.70. The summed E-state index contributed by atoms with van der Waals surface area (Å²) in [5, 5.41) is 2.92. The van der Waals surface area contributed by atoms with Gasteiger partial charge in [0.2, 0.25) is 10.0 Å². The molecule has 0 bridgehead atoms. The lowest BCUT2D eigenvalue weighted by Crippen LogP contribution is -2.36. The van der Waals surface area contributed by atoms with E-state index in [9.17, 15) is 13.2 Å². The van der Waals surface area contributed by atoms with Gasteiger partial charge >= 0.3 is 0 Å². The molecule has 0 aliphatic rings. The number of carbonyl (C=O) groups excluding carboxylic acids is 1. The molecule has 0 saturated carbocycles. The maximum absolute atomic E-state index is 12.6. The summed E-state index contributed by atoms with van der Waals surface area (Å²) in [5.41, 5.74) is 1.08. The van der Waals surface area contributed by atoms with Crippen LogP contribution in [-0.2, 0) is 16.6 Å². The second kappa shape index (κ2) is 8.66. The highest BCUT2D eigenvalue weighted by atomic mass is 35.5. The minimum atomic E-state index is -3.85. The Balaban J connectivity index is 2.21. The van der Waals surface area contributed by atoms with Crippen molar-refractivity contribution in [2.24, 2.45) is 5.92 Å². The highest BCUT2D eigenvalue weighted by Crippen LogP contribution is 2.23. The highest BCUT2D eigenvalue weighted by Gasteiger charge is 2.21. The van der Waals surface area contributed by atoms with E-state index in [4.69, 9.17) is 11.6 Å². The van der Waals surface area contributed by atoms with E-state index < -0.39 is 10.0 Å². The average molecular weight is 395 g/mol. The van der Waals surface area contributed by atoms with Crippen LogP contribution in [0.25, 0.3) is 0 Å². The van der Waals surface area contributed by atoms with E-state index in [1.807, 2.05) is 51.1 Å². The molecule has 0 fully saturated rings. The van der Waals surface area contributed by atoms with Crippen LogP contribution < -0.4 is 10.0 Å². The van der Waals surface area contributed by atoms with Crippen molar-refractivity contribution in [1.82, 2.24) is 10.0 Å². The molecule has 2 aromatic rings. The molecule has 1 unspecified atom stereocenters. The van der Waals surface area contributed by atoms with Crippen molar-refractivity contribution in [3.63, 3.8) is 0 Å². The van der Waals surface area contributed by atoms with E-state index in [0.29, 0.717) is 0 Å². The Morgan fingerprint density at radius 1 is 1.08 bits per heavy atom. The van der Waals surface area contributed by atoms with Crippen molar-refractivity contribution >= 4 is 27.5 Å². The van der Waals surface area contributed by atoms with Gasteiger partial charge in [0.15, 0.2) is 0 Å². The third-order valence-electron chi connectivity index (χ3n) is 4.15. The number of amides is 1. The quantitative estimate of drug-likeness (QED) is 0.753. The Labute approximate surface area is 159 Å². The van der Waals surface area contributed by atoms with Crippen LogP contribution in [0.2, 0.25) is 5.02 Å². The lowest BCUT2D eigenvalue weighted by Gasteiger charge is -2.18. The number of sulfonamides is 1. The Kier molecular flexibility index (Phi) is 6.81. The summed E-state index contributed by atoms with van der Waals surface area (Å²) in [7, 11) is -3.85. The lowest BCUT2D eigenvalue weighted by molar-refractivity contribution is 0.0930. The van der Waals surface area contributed by atoms with Crippen LogP contribution in [0, 0.1) is 5.92 Å². The smallest absolute Gasteiger partial charge is 0.251 e. The Hall–Kier alpha value is -1.89. The minimum absolute atomic E-state index is 0.0329. The summed E-state index contributed by atoms with van der Waals surface area (Å²) in [6, 6.07) is 13.4. The van der Waals surface area contributed by atoms with E-state index in [2.05, 4.69) is 10.0 Å². The highest BCUT2D eigenvalue weighted by molar-refractivity contribution is 7.89. The molecular formula is C19H23ClN2O3S. The van der Waals surface area contributed by atoms with Gasteiger partial charge in [0, 0.05) is 18.2 Å². The fourth-order valence-electron chi connectivity index (χ4n) is 2.16. The van der Waals surface area contributed by atoms with Crippen LogP contribution in [0.4, 0.5) is 0 Å². The Morgan fingerprint density at radius 3 is 2.35 bits per heavy atom. The molecule has 0 aromatic heterocycles. The van der Waals surface area contributed by atoms with E-state index in [1.165, 1.54) is 18.2 Å². The van der Waals surface area contributed by atoms with E-state index in [-0.39, 0.29) is 39.9 Å². The molecule has 0 radical (unpaired) electrons. The molecule has 0 aliphatic heterocycles. The molecular weight excluding hydrogens is 372 g/mol. The van der Waals surface area contributed by atoms with Crippen LogP contribution in [-0.4, -0.2) is 20.4 Å². The van der Waals surface area contributed by atoms with Gasteiger partial charge in [0.1, 0.15) is 4.90 Å². The first-order chi connectivity index (χ1) is 12.2. The Bertz CT molecular complexity index is 868. The molecule has 26 heavy (non-hydrogen) atoms. The summed E-state index contributed by atoms with van der Waals surface area (Å²) in [6.45, 7) is 6.03. The van der Waals surface area contributed by atoms with Gasteiger partial charge in [-0.25, -0.2) is 13.1 Å². The third-order valence-corrected chi connectivity index (χ3v) is 6.03. The van der Waals surface area contributed by atoms with Gasteiger partial charge in [-0.3, -0.25) is 4.79 Å². The van der Waals surface area contributed by atoms with Crippen LogP contribution in [0.5, 0.6) is 0 Å². The maximum Gasteiger partial charge on any atom is 0.251 e. The monoisotopic (exact) mass is 394 g/mol. The number of nitrogens with one attached hydrogen (secondary N) is 2. The normalized spacial score (nSPS) is 12.8. The van der Waals surface area contributed by atoms with Crippen molar-refractivity contribution in [3.8, 4) is 0 Å². The van der Waals surface area contributed by atoms with E-state index in [1.54, 1.807) is 0 Å². The molecule has 2 aromatic carbocycles. The number of rotatable bonds is 7. The van der Waals surface area contributed by atoms with Crippen molar-refractivity contribution < 1.29 is 13.2 Å². The summed E-state index contributed by atoms with van der Waals surface area (Å²) in [6.07, 6.45) is 0. The van der Waals surface area contributed by atoms with Gasteiger partial charge in [-0.15, -0.1) is 0 Å². The number of hydrogen-bond acceptors (Lipinski definition) is 3. The summed E-state index contributed by atoms with van der Waals surface area (Å²) in [4.78, 5) is 12.2. The van der Waals surface area contributed by atoms with Crippen molar-refractivity contribution in [1.29, 1.82) is 0 Å². The lowest BCUT2D eigenvalue weighted by atomic mass is 10.1. The number of halogens is 1. The summed E-state index contributed by atoms with van der Waals surface area (Å²) < 4.78 is 27.7. The van der Waals surface area contributed by atoms with Gasteiger partial charge in [0.25, 0.3) is 5.91 Å². The first-order valence-corrected chi connectivity index (χ1v) is 10.2. The maximum atomic E-state index is 12.6. The second-order valence-corrected chi connectivity index (χ2v) is 8.60. The van der Waals surface area contributed by atoms with Crippen LogP contribution >= 0.6 is 11.6 Å². The first kappa shape index (κ1) is 20.4. The molecule has 140 valence electrons. The standard InChI is InChI=1S/C19H23ClN2O3S/c1-13(2)14(3)22-19(23)16-9-10-17(20)18(11-16)26(24,25)21-12-15-7-5-4-6-8-15/h4-11,13-14,21H,12H2,1-3H3,(H,22,23).